The molecule has 0 radical (unpaired) electrons. The number of amides is 3. The molecule has 3 N–H and O–H groups in total. The third-order valence-corrected chi connectivity index (χ3v) is 4.20. The molecule has 0 fully saturated rings. The Morgan fingerprint density at radius 1 is 1.12 bits per heavy atom. The summed E-state index contributed by atoms with van der Waals surface area (Å²) in [5.41, 5.74) is 2.56. The van der Waals surface area contributed by atoms with Crippen LogP contribution in [0.1, 0.15) is 17.7 Å². The molecule has 0 saturated heterocycles. The van der Waals surface area contributed by atoms with Crippen LogP contribution in [0.4, 0.5) is 4.79 Å². The molecule has 1 aliphatic rings. The van der Waals surface area contributed by atoms with Crippen molar-refractivity contribution in [1.29, 1.82) is 0 Å². The van der Waals surface area contributed by atoms with Crippen LogP contribution in [0.2, 0.25) is 0 Å². The number of benzene rings is 1. The SMILES string of the molecule is O=C(C[NH+]1CC=C(c2ccccc2)CC1)NC(=O)NCc1ccco1. The summed E-state index contributed by atoms with van der Waals surface area (Å²) in [6.07, 6.45) is 4.65. The van der Waals surface area contributed by atoms with Gasteiger partial charge in [-0.1, -0.05) is 30.3 Å². The maximum atomic E-state index is 12.0. The van der Waals surface area contributed by atoms with Gasteiger partial charge in [0.15, 0.2) is 6.54 Å². The molecule has 1 aromatic heterocycles. The van der Waals surface area contributed by atoms with Crippen LogP contribution in [0.3, 0.4) is 0 Å². The van der Waals surface area contributed by atoms with E-state index >= 15 is 0 Å². The van der Waals surface area contributed by atoms with Gasteiger partial charge in [-0.15, -0.1) is 0 Å². The van der Waals surface area contributed by atoms with Crippen molar-refractivity contribution in [2.45, 2.75) is 13.0 Å². The summed E-state index contributed by atoms with van der Waals surface area (Å²) in [6, 6.07) is 13.3. The standard InChI is InChI=1S/C19H21N3O3/c23-18(21-19(24)20-13-17-7-4-12-25-17)14-22-10-8-16(9-11-22)15-5-2-1-3-6-15/h1-8,12H,9-11,13-14H2,(H2,20,21,23,24)/p+1. The number of imide groups is 1. The fourth-order valence-corrected chi connectivity index (χ4v) is 2.88. The molecule has 0 bridgehead atoms. The van der Waals surface area contributed by atoms with E-state index in [-0.39, 0.29) is 19.0 Å². The van der Waals surface area contributed by atoms with Gasteiger partial charge in [-0.05, 0) is 29.3 Å². The molecule has 2 heterocycles. The van der Waals surface area contributed by atoms with Gasteiger partial charge in [0.2, 0.25) is 0 Å². The van der Waals surface area contributed by atoms with Gasteiger partial charge in [-0.2, -0.15) is 0 Å². The van der Waals surface area contributed by atoms with Crippen LogP contribution in [0.5, 0.6) is 0 Å². The number of carbonyl (C=O) groups is 2. The van der Waals surface area contributed by atoms with E-state index in [1.165, 1.54) is 17.4 Å². The molecule has 1 aromatic carbocycles. The number of carbonyl (C=O) groups excluding carboxylic acids is 2. The monoisotopic (exact) mass is 340 g/mol. The minimum absolute atomic E-state index is 0.256. The largest absolute Gasteiger partial charge is 0.467 e. The maximum absolute atomic E-state index is 12.0. The van der Waals surface area contributed by atoms with Crippen molar-refractivity contribution in [1.82, 2.24) is 10.6 Å². The minimum atomic E-state index is -0.502. The van der Waals surface area contributed by atoms with Gasteiger partial charge in [-0.3, -0.25) is 10.1 Å². The van der Waals surface area contributed by atoms with Crippen LogP contribution in [-0.4, -0.2) is 31.6 Å². The lowest BCUT2D eigenvalue weighted by molar-refractivity contribution is -0.886. The average molecular weight is 340 g/mol. The summed E-state index contributed by atoms with van der Waals surface area (Å²) in [6.45, 7) is 2.20. The van der Waals surface area contributed by atoms with Crippen LogP contribution >= 0.6 is 0 Å². The fourth-order valence-electron chi connectivity index (χ4n) is 2.88. The molecule has 2 aromatic rings. The summed E-state index contributed by atoms with van der Waals surface area (Å²) in [5.74, 6) is 0.367. The maximum Gasteiger partial charge on any atom is 0.321 e. The Labute approximate surface area is 146 Å². The smallest absolute Gasteiger partial charge is 0.321 e. The quantitative estimate of drug-likeness (QED) is 0.759. The van der Waals surface area contributed by atoms with E-state index in [1.807, 2.05) is 18.2 Å². The second kappa shape index (κ2) is 8.30. The lowest BCUT2D eigenvalue weighted by Gasteiger charge is -2.23. The van der Waals surface area contributed by atoms with E-state index in [4.69, 9.17) is 4.42 Å². The molecule has 1 aliphatic heterocycles. The Morgan fingerprint density at radius 3 is 2.64 bits per heavy atom. The third-order valence-electron chi connectivity index (χ3n) is 4.20. The van der Waals surface area contributed by atoms with Gasteiger partial charge in [0.05, 0.1) is 25.9 Å². The molecule has 0 saturated carbocycles. The molecular weight excluding hydrogens is 318 g/mol. The highest BCUT2D eigenvalue weighted by atomic mass is 16.3. The Hall–Kier alpha value is -2.86. The molecule has 0 spiro atoms. The zero-order chi connectivity index (χ0) is 17.5. The Balaban J connectivity index is 1.41. The number of nitrogens with one attached hydrogen (secondary N) is 3. The molecule has 130 valence electrons. The van der Waals surface area contributed by atoms with Gasteiger partial charge in [0.25, 0.3) is 5.91 Å². The molecule has 6 heteroatoms. The van der Waals surface area contributed by atoms with Crippen molar-refractivity contribution >= 4 is 17.5 Å². The van der Waals surface area contributed by atoms with Crippen LogP contribution in [0, 0.1) is 0 Å². The van der Waals surface area contributed by atoms with Crippen molar-refractivity contribution in [3.05, 3.63) is 66.1 Å². The van der Waals surface area contributed by atoms with E-state index in [0.29, 0.717) is 5.76 Å². The van der Waals surface area contributed by atoms with E-state index in [9.17, 15) is 9.59 Å². The van der Waals surface area contributed by atoms with Gasteiger partial charge < -0.3 is 14.6 Å². The van der Waals surface area contributed by atoms with Crippen molar-refractivity contribution in [3.8, 4) is 0 Å². The molecule has 3 amide bonds. The normalized spacial score (nSPS) is 16.8. The fraction of sp³-hybridized carbons (Fsp3) is 0.263. The second-order valence-corrected chi connectivity index (χ2v) is 6.04. The predicted octanol–water partition coefficient (Wildman–Crippen LogP) is 0.978. The minimum Gasteiger partial charge on any atom is -0.467 e. The lowest BCUT2D eigenvalue weighted by atomic mass is 10.00. The van der Waals surface area contributed by atoms with Crippen LogP contribution in [0.15, 0.2) is 59.2 Å². The molecule has 3 rings (SSSR count). The molecular formula is C19H22N3O3+. The van der Waals surface area contributed by atoms with Gasteiger partial charge in [0, 0.05) is 6.42 Å². The third kappa shape index (κ3) is 5.06. The van der Waals surface area contributed by atoms with Crippen LogP contribution in [-0.2, 0) is 11.3 Å². The summed E-state index contributed by atoms with van der Waals surface area (Å²) in [4.78, 5) is 24.9. The highest BCUT2D eigenvalue weighted by Gasteiger charge is 2.20. The summed E-state index contributed by atoms with van der Waals surface area (Å²) < 4.78 is 5.12. The van der Waals surface area contributed by atoms with Crippen molar-refractivity contribution in [2.75, 3.05) is 19.6 Å². The van der Waals surface area contributed by atoms with Crippen LogP contribution in [0.25, 0.3) is 5.57 Å². The van der Waals surface area contributed by atoms with Crippen molar-refractivity contribution in [3.63, 3.8) is 0 Å². The Bertz CT molecular complexity index is 739. The Morgan fingerprint density at radius 2 is 1.96 bits per heavy atom. The van der Waals surface area contributed by atoms with Gasteiger partial charge >= 0.3 is 6.03 Å². The first-order valence-corrected chi connectivity index (χ1v) is 8.39. The highest BCUT2D eigenvalue weighted by Crippen LogP contribution is 2.17. The number of hydrogen-bond acceptors (Lipinski definition) is 3. The Kier molecular flexibility index (Phi) is 5.64. The molecule has 1 unspecified atom stereocenters. The number of furan rings is 1. The predicted molar refractivity (Wildman–Crippen MR) is 93.7 cm³/mol. The van der Waals surface area contributed by atoms with E-state index in [0.717, 1.165) is 24.4 Å². The summed E-state index contributed by atoms with van der Waals surface area (Å²) >= 11 is 0. The van der Waals surface area contributed by atoms with E-state index < -0.39 is 6.03 Å². The van der Waals surface area contributed by atoms with Gasteiger partial charge in [0.1, 0.15) is 5.76 Å². The first kappa shape index (κ1) is 17.0. The molecule has 1 atom stereocenters. The molecule has 0 aliphatic carbocycles. The average Bonchev–Trinajstić information content (AvgIpc) is 3.15. The number of urea groups is 1. The summed E-state index contributed by atoms with van der Waals surface area (Å²) in [5, 5.41) is 4.96. The number of rotatable bonds is 5. The van der Waals surface area contributed by atoms with Crippen molar-refractivity contribution < 1.29 is 18.9 Å². The number of hydrogen-bond donors (Lipinski definition) is 3. The number of quaternary nitrogens is 1. The summed E-state index contributed by atoms with van der Waals surface area (Å²) in [7, 11) is 0. The lowest BCUT2D eigenvalue weighted by Crippen LogP contribution is -3.13. The second-order valence-electron chi connectivity index (χ2n) is 6.04. The first-order chi connectivity index (χ1) is 12.2. The van der Waals surface area contributed by atoms with E-state index in [2.05, 4.69) is 28.8 Å². The highest BCUT2D eigenvalue weighted by molar-refractivity contribution is 5.94. The molecule has 6 nitrogen and oxygen atoms in total. The zero-order valence-corrected chi connectivity index (χ0v) is 14.0. The zero-order valence-electron chi connectivity index (χ0n) is 14.0. The van der Waals surface area contributed by atoms with Gasteiger partial charge in [-0.25, -0.2) is 4.79 Å². The molecule has 25 heavy (non-hydrogen) atoms. The van der Waals surface area contributed by atoms with Crippen LogP contribution < -0.4 is 15.5 Å². The van der Waals surface area contributed by atoms with Crippen molar-refractivity contribution in [2.24, 2.45) is 0 Å². The topological polar surface area (TPSA) is 75.8 Å². The first-order valence-electron chi connectivity index (χ1n) is 8.39. The van der Waals surface area contributed by atoms with E-state index in [1.54, 1.807) is 12.1 Å².